The zero-order valence-electron chi connectivity index (χ0n) is 8.76. The molecule has 1 N–H and O–H groups in total. The zero-order chi connectivity index (χ0) is 12.7. The molecule has 1 fully saturated rings. The van der Waals surface area contributed by atoms with Crippen molar-refractivity contribution >= 4 is 27.7 Å². The standard InChI is InChI=1S/C11H8BrF2NO2/c1-4-2-3-5(13)6(9(4)14)7-8(12)11(17)15-10(7)16/h2-3,7-8H,1H3,(H,15,16,17). The Morgan fingerprint density at radius 1 is 1.24 bits per heavy atom. The molecule has 1 heterocycles. The van der Waals surface area contributed by atoms with Crippen LogP contribution < -0.4 is 5.32 Å². The molecule has 2 unspecified atom stereocenters. The SMILES string of the molecule is Cc1ccc(F)c(C2C(=O)NC(=O)C2Br)c1F. The summed E-state index contributed by atoms with van der Waals surface area (Å²) in [6, 6.07) is 2.37. The van der Waals surface area contributed by atoms with E-state index in [9.17, 15) is 18.4 Å². The quantitative estimate of drug-likeness (QED) is 0.635. The lowest BCUT2D eigenvalue weighted by Crippen LogP contribution is -2.22. The fourth-order valence-corrected chi connectivity index (χ4v) is 2.41. The second-order valence-corrected chi connectivity index (χ2v) is 4.81. The maximum Gasteiger partial charge on any atom is 0.241 e. The molecule has 0 bridgehead atoms. The molecule has 6 heteroatoms. The third kappa shape index (κ3) is 1.86. The van der Waals surface area contributed by atoms with Gasteiger partial charge >= 0.3 is 0 Å². The van der Waals surface area contributed by atoms with Crippen LogP contribution in [0.15, 0.2) is 12.1 Å². The first-order chi connectivity index (χ1) is 7.93. The van der Waals surface area contributed by atoms with Gasteiger partial charge in [-0.25, -0.2) is 8.78 Å². The minimum Gasteiger partial charge on any atom is -0.295 e. The first kappa shape index (κ1) is 12.2. The van der Waals surface area contributed by atoms with Gasteiger partial charge < -0.3 is 0 Å². The van der Waals surface area contributed by atoms with Crippen LogP contribution in [0, 0.1) is 18.6 Å². The van der Waals surface area contributed by atoms with Crippen molar-refractivity contribution in [3.63, 3.8) is 0 Å². The van der Waals surface area contributed by atoms with Gasteiger partial charge in [-0.2, -0.15) is 0 Å². The van der Waals surface area contributed by atoms with Gasteiger partial charge in [0.05, 0.1) is 5.92 Å². The van der Waals surface area contributed by atoms with Gasteiger partial charge in [0.15, 0.2) is 0 Å². The van der Waals surface area contributed by atoms with E-state index in [4.69, 9.17) is 0 Å². The fourth-order valence-electron chi connectivity index (χ4n) is 1.79. The van der Waals surface area contributed by atoms with Gasteiger partial charge in [0.25, 0.3) is 0 Å². The summed E-state index contributed by atoms with van der Waals surface area (Å²) < 4.78 is 27.4. The Morgan fingerprint density at radius 3 is 2.41 bits per heavy atom. The normalized spacial score (nSPS) is 24.0. The fraction of sp³-hybridized carbons (Fsp3) is 0.273. The van der Waals surface area contributed by atoms with E-state index in [1.165, 1.54) is 13.0 Å². The van der Waals surface area contributed by atoms with E-state index in [1.807, 2.05) is 5.32 Å². The summed E-state index contributed by atoms with van der Waals surface area (Å²) in [5.74, 6) is -4.06. The van der Waals surface area contributed by atoms with Gasteiger partial charge in [0, 0.05) is 5.56 Å². The molecular formula is C11H8BrF2NO2. The maximum absolute atomic E-state index is 13.8. The van der Waals surface area contributed by atoms with Crippen molar-refractivity contribution in [2.75, 3.05) is 0 Å². The highest BCUT2D eigenvalue weighted by Crippen LogP contribution is 2.34. The highest BCUT2D eigenvalue weighted by Gasteiger charge is 2.43. The van der Waals surface area contributed by atoms with E-state index in [1.54, 1.807) is 0 Å². The van der Waals surface area contributed by atoms with E-state index in [0.29, 0.717) is 0 Å². The van der Waals surface area contributed by atoms with Crippen LogP contribution in [0.4, 0.5) is 8.78 Å². The molecule has 1 aliphatic heterocycles. The Morgan fingerprint density at radius 2 is 1.88 bits per heavy atom. The van der Waals surface area contributed by atoms with Crippen molar-refractivity contribution in [1.29, 1.82) is 0 Å². The molecule has 2 rings (SSSR count). The predicted molar refractivity (Wildman–Crippen MR) is 59.7 cm³/mol. The molecule has 1 aliphatic rings. The number of carbonyl (C=O) groups excluding carboxylic acids is 2. The molecule has 0 radical (unpaired) electrons. The summed E-state index contributed by atoms with van der Waals surface area (Å²) in [4.78, 5) is 21.8. The number of nitrogens with one attached hydrogen (secondary N) is 1. The second kappa shape index (κ2) is 4.18. The molecule has 0 spiro atoms. The molecule has 2 atom stereocenters. The molecule has 17 heavy (non-hydrogen) atoms. The first-order valence-electron chi connectivity index (χ1n) is 4.86. The predicted octanol–water partition coefficient (Wildman–Crippen LogP) is 1.78. The molecule has 1 aromatic rings. The summed E-state index contributed by atoms with van der Waals surface area (Å²) in [6.45, 7) is 1.47. The zero-order valence-corrected chi connectivity index (χ0v) is 10.3. The van der Waals surface area contributed by atoms with E-state index < -0.39 is 34.2 Å². The van der Waals surface area contributed by atoms with Crippen molar-refractivity contribution in [3.8, 4) is 0 Å². The number of hydrogen-bond acceptors (Lipinski definition) is 2. The lowest BCUT2D eigenvalue weighted by molar-refractivity contribution is -0.125. The van der Waals surface area contributed by atoms with E-state index in [0.717, 1.165) is 6.07 Å². The van der Waals surface area contributed by atoms with Crippen molar-refractivity contribution in [2.24, 2.45) is 0 Å². The number of hydrogen-bond donors (Lipinski definition) is 1. The molecule has 0 saturated carbocycles. The monoisotopic (exact) mass is 303 g/mol. The van der Waals surface area contributed by atoms with E-state index in [2.05, 4.69) is 15.9 Å². The molecular weight excluding hydrogens is 296 g/mol. The Balaban J connectivity index is 2.58. The lowest BCUT2D eigenvalue weighted by Gasteiger charge is -2.13. The van der Waals surface area contributed by atoms with Crippen molar-refractivity contribution in [2.45, 2.75) is 17.7 Å². The second-order valence-electron chi connectivity index (χ2n) is 3.82. The van der Waals surface area contributed by atoms with Gasteiger partial charge in [0.1, 0.15) is 16.5 Å². The summed E-state index contributed by atoms with van der Waals surface area (Å²) in [7, 11) is 0. The summed E-state index contributed by atoms with van der Waals surface area (Å²) in [6.07, 6.45) is 0. The number of carbonyl (C=O) groups is 2. The molecule has 0 aliphatic carbocycles. The minimum atomic E-state index is -1.16. The number of halogens is 3. The Labute approximate surface area is 104 Å². The van der Waals surface area contributed by atoms with Crippen LogP contribution in [0.5, 0.6) is 0 Å². The molecule has 1 aromatic carbocycles. The summed E-state index contributed by atoms with van der Waals surface area (Å²) in [5, 5.41) is 2.03. The molecule has 2 amide bonds. The number of amides is 2. The van der Waals surface area contributed by atoms with Crippen molar-refractivity contribution in [3.05, 3.63) is 34.9 Å². The number of imide groups is 1. The van der Waals surface area contributed by atoms with Crippen LogP contribution in [0.3, 0.4) is 0 Å². The van der Waals surface area contributed by atoms with Gasteiger partial charge in [-0.3, -0.25) is 14.9 Å². The molecule has 1 saturated heterocycles. The Bertz CT molecular complexity index is 518. The third-order valence-electron chi connectivity index (χ3n) is 2.70. The number of rotatable bonds is 1. The lowest BCUT2D eigenvalue weighted by atomic mass is 9.94. The van der Waals surface area contributed by atoms with Gasteiger partial charge in [0.2, 0.25) is 11.8 Å². The number of aryl methyl sites for hydroxylation is 1. The third-order valence-corrected chi connectivity index (χ3v) is 3.65. The first-order valence-corrected chi connectivity index (χ1v) is 5.78. The van der Waals surface area contributed by atoms with Gasteiger partial charge in [-0.1, -0.05) is 22.0 Å². The number of alkyl halides is 1. The van der Waals surface area contributed by atoms with E-state index >= 15 is 0 Å². The Kier molecular flexibility index (Phi) is 2.99. The largest absolute Gasteiger partial charge is 0.295 e. The van der Waals surface area contributed by atoms with Gasteiger partial charge in [-0.05, 0) is 18.6 Å². The molecule has 0 aromatic heterocycles. The van der Waals surface area contributed by atoms with Crippen molar-refractivity contribution in [1.82, 2.24) is 5.32 Å². The van der Waals surface area contributed by atoms with Crippen LogP contribution in [-0.4, -0.2) is 16.6 Å². The van der Waals surface area contributed by atoms with Crippen LogP contribution >= 0.6 is 15.9 Å². The average Bonchev–Trinajstić information content (AvgIpc) is 2.51. The smallest absolute Gasteiger partial charge is 0.241 e. The topological polar surface area (TPSA) is 46.2 Å². The highest BCUT2D eigenvalue weighted by molar-refractivity contribution is 9.10. The maximum atomic E-state index is 13.8. The van der Waals surface area contributed by atoms with Gasteiger partial charge in [-0.15, -0.1) is 0 Å². The molecule has 90 valence electrons. The van der Waals surface area contributed by atoms with Crippen LogP contribution in [0.25, 0.3) is 0 Å². The van der Waals surface area contributed by atoms with Crippen LogP contribution in [-0.2, 0) is 9.59 Å². The van der Waals surface area contributed by atoms with Crippen LogP contribution in [0.2, 0.25) is 0 Å². The summed E-state index contributed by atoms with van der Waals surface area (Å²) in [5.41, 5.74) is -0.136. The molecule has 3 nitrogen and oxygen atoms in total. The van der Waals surface area contributed by atoms with Crippen LogP contribution in [0.1, 0.15) is 17.0 Å². The summed E-state index contributed by atoms with van der Waals surface area (Å²) >= 11 is 2.97. The van der Waals surface area contributed by atoms with E-state index in [-0.39, 0.29) is 11.1 Å². The Hall–Kier alpha value is -1.30. The highest BCUT2D eigenvalue weighted by atomic mass is 79.9. The average molecular weight is 304 g/mol. The minimum absolute atomic E-state index is 0.230. The number of benzene rings is 1. The van der Waals surface area contributed by atoms with Crippen molar-refractivity contribution < 1.29 is 18.4 Å².